The monoisotopic (exact) mass is 291 g/mol. The van der Waals surface area contributed by atoms with Gasteiger partial charge < -0.3 is 9.15 Å². The van der Waals surface area contributed by atoms with Gasteiger partial charge in [-0.1, -0.05) is 13.8 Å². The van der Waals surface area contributed by atoms with Crippen molar-refractivity contribution in [2.75, 3.05) is 19.7 Å². The van der Waals surface area contributed by atoms with Gasteiger partial charge in [0, 0.05) is 19.0 Å². The summed E-state index contributed by atoms with van der Waals surface area (Å²) >= 11 is 0. The quantitative estimate of drug-likeness (QED) is 0.925. The van der Waals surface area contributed by atoms with Gasteiger partial charge in [-0.2, -0.15) is 5.10 Å². The molecule has 0 unspecified atom stereocenters. The Morgan fingerprint density at radius 2 is 2.33 bits per heavy atom. The summed E-state index contributed by atoms with van der Waals surface area (Å²) in [5.41, 5.74) is 0. The third-order valence-electron chi connectivity index (χ3n) is 3.55. The molecule has 0 bridgehead atoms. The molecule has 1 N–H and O–H groups in total. The summed E-state index contributed by atoms with van der Waals surface area (Å²) in [5.74, 6) is 3.57. The number of oxazole rings is 1. The second-order valence-electron chi connectivity index (χ2n) is 5.68. The zero-order chi connectivity index (χ0) is 14.8. The van der Waals surface area contributed by atoms with Crippen LogP contribution in [0, 0.1) is 6.92 Å². The second kappa shape index (κ2) is 5.95. The molecule has 1 atom stereocenters. The summed E-state index contributed by atoms with van der Waals surface area (Å²) in [5, 5.41) is 7.04. The van der Waals surface area contributed by atoms with Gasteiger partial charge in [0.15, 0.2) is 5.82 Å². The lowest BCUT2D eigenvalue weighted by molar-refractivity contribution is -0.0393. The Morgan fingerprint density at radius 1 is 1.48 bits per heavy atom. The van der Waals surface area contributed by atoms with Gasteiger partial charge in [0.05, 0.1) is 19.3 Å². The molecule has 0 spiro atoms. The Hall–Kier alpha value is -1.73. The van der Waals surface area contributed by atoms with Crippen LogP contribution in [-0.4, -0.2) is 44.8 Å². The first kappa shape index (κ1) is 14.2. The molecular weight excluding hydrogens is 270 g/mol. The average molecular weight is 291 g/mol. The molecule has 3 rings (SSSR count). The molecular formula is C14H21N5O2. The summed E-state index contributed by atoms with van der Waals surface area (Å²) in [6.07, 6.45) is 1.72. The van der Waals surface area contributed by atoms with Gasteiger partial charge in [-0.05, 0) is 6.92 Å². The van der Waals surface area contributed by atoms with Crippen molar-refractivity contribution < 1.29 is 9.15 Å². The van der Waals surface area contributed by atoms with Crippen LogP contribution in [-0.2, 0) is 11.3 Å². The molecule has 2 aromatic heterocycles. The number of hydrogen-bond acceptors (Lipinski definition) is 6. The highest BCUT2D eigenvalue weighted by Gasteiger charge is 2.26. The smallest absolute Gasteiger partial charge is 0.208 e. The molecule has 7 nitrogen and oxygen atoms in total. The fraction of sp³-hybridized carbons (Fsp3) is 0.643. The maximum Gasteiger partial charge on any atom is 0.208 e. The van der Waals surface area contributed by atoms with E-state index in [1.54, 1.807) is 0 Å². The van der Waals surface area contributed by atoms with Crippen molar-refractivity contribution in [3.8, 4) is 0 Å². The Labute approximate surface area is 123 Å². The molecule has 1 aliphatic rings. The first-order chi connectivity index (χ1) is 10.1. The SMILES string of the molecule is Cc1nc([C@@H]2CN(Cc3ncc(C(C)C)o3)CCO2)n[nH]1. The number of nitrogens with one attached hydrogen (secondary N) is 1. The molecule has 0 radical (unpaired) electrons. The standard InChI is InChI=1S/C14H21N5O2/c1-9(2)11-6-15-13(21-11)8-19-4-5-20-12(7-19)14-16-10(3)17-18-14/h6,9,12H,4-5,7-8H2,1-3H3,(H,16,17,18)/t12-/m0/s1. The predicted octanol–water partition coefficient (Wildman–Crippen LogP) is 1.80. The summed E-state index contributed by atoms with van der Waals surface area (Å²) < 4.78 is 11.5. The third kappa shape index (κ3) is 3.30. The third-order valence-corrected chi connectivity index (χ3v) is 3.55. The Morgan fingerprint density at radius 3 is 3.00 bits per heavy atom. The van der Waals surface area contributed by atoms with Crippen LogP contribution in [0.3, 0.4) is 0 Å². The normalized spacial score (nSPS) is 20.3. The summed E-state index contributed by atoms with van der Waals surface area (Å²) in [6, 6.07) is 0. The van der Waals surface area contributed by atoms with Gasteiger partial charge in [0.1, 0.15) is 17.7 Å². The van der Waals surface area contributed by atoms with Crippen molar-refractivity contribution in [1.82, 2.24) is 25.1 Å². The van der Waals surface area contributed by atoms with Crippen LogP contribution in [0.2, 0.25) is 0 Å². The fourth-order valence-corrected chi connectivity index (χ4v) is 2.36. The Bertz CT molecular complexity index is 592. The van der Waals surface area contributed by atoms with E-state index in [2.05, 4.69) is 38.9 Å². The Balaban J connectivity index is 1.63. The highest BCUT2D eigenvalue weighted by atomic mass is 16.5. The van der Waals surface area contributed by atoms with Crippen molar-refractivity contribution in [3.63, 3.8) is 0 Å². The van der Waals surface area contributed by atoms with Crippen LogP contribution in [0.5, 0.6) is 0 Å². The van der Waals surface area contributed by atoms with E-state index in [9.17, 15) is 0 Å². The van der Waals surface area contributed by atoms with E-state index in [1.807, 2.05) is 13.1 Å². The van der Waals surface area contributed by atoms with Crippen LogP contribution >= 0.6 is 0 Å². The Kier molecular flexibility index (Phi) is 4.03. The molecule has 1 aliphatic heterocycles. The zero-order valence-corrected chi connectivity index (χ0v) is 12.7. The highest BCUT2D eigenvalue weighted by molar-refractivity contribution is 5.00. The summed E-state index contributed by atoms with van der Waals surface area (Å²) in [7, 11) is 0. The van der Waals surface area contributed by atoms with E-state index < -0.39 is 0 Å². The maximum absolute atomic E-state index is 5.76. The molecule has 114 valence electrons. The average Bonchev–Trinajstić information content (AvgIpc) is 3.08. The largest absolute Gasteiger partial charge is 0.444 e. The van der Waals surface area contributed by atoms with E-state index in [0.29, 0.717) is 24.9 Å². The molecule has 21 heavy (non-hydrogen) atoms. The highest BCUT2D eigenvalue weighted by Crippen LogP contribution is 2.21. The lowest BCUT2D eigenvalue weighted by Crippen LogP contribution is -2.38. The summed E-state index contributed by atoms with van der Waals surface area (Å²) in [4.78, 5) is 11.0. The van der Waals surface area contributed by atoms with Gasteiger partial charge in [-0.3, -0.25) is 10.00 Å². The first-order valence-electron chi connectivity index (χ1n) is 7.29. The van der Waals surface area contributed by atoms with E-state index in [-0.39, 0.29) is 6.10 Å². The van der Waals surface area contributed by atoms with Crippen molar-refractivity contribution in [2.45, 2.75) is 39.3 Å². The number of ether oxygens (including phenoxy) is 1. The van der Waals surface area contributed by atoms with Crippen LogP contribution in [0.15, 0.2) is 10.6 Å². The lowest BCUT2D eigenvalue weighted by atomic mass is 10.2. The van der Waals surface area contributed by atoms with E-state index >= 15 is 0 Å². The van der Waals surface area contributed by atoms with Gasteiger partial charge in [0.2, 0.25) is 5.89 Å². The minimum Gasteiger partial charge on any atom is -0.444 e. The summed E-state index contributed by atoms with van der Waals surface area (Å²) in [6.45, 7) is 9.04. The number of hydrogen-bond donors (Lipinski definition) is 1. The molecule has 7 heteroatoms. The van der Waals surface area contributed by atoms with E-state index in [0.717, 1.165) is 30.6 Å². The van der Waals surface area contributed by atoms with Gasteiger partial charge >= 0.3 is 0 Å². The first-order valence-corrected chi connectivity index (χ1v) is 7.29. The van der Waals surface area contributed by atoms with Crippen LogP contribution in [0.25, 0.3) is 0 Å². The molecule has 0 aromatic carbocycles. The molecule has 2 aromatic rings. The fourth-order valence-electron chi connectivity index (χ4n) is 2.36. The van der Waals surface area contributed by atoms with E-state index in [4.69, 9.17) is 9.15 Å². The zero-order valence-electron chi connectivity index (χ0n) is 12.7. The molecule has 0 aliphatic carbocycles. The number of aromatic amines is 1. The number of aryl methyl sites for hydroxylation is 1. The van der Waals surface area contributed by atoms with Gasteiger partial charge in [0.25, 0.3) is 0 Å². The number of aromatic nitrogens is 4. The van der Waals surface area contributed by atoms with Crippen molar-refractivity contribution in [2.24, 2.45) is 0 Å². The minimum absolute atomic E-state index is 0.0942. The number of rotatable bonds is 4. The topological polar surface area (TPSA) is 80.1 Å². The molecule has 1 saturated heterocycles. The van der Waals surface area contributed by atoms with Crippen LogP contribution < -0.4 is 0 Å². The van der Waals surface area contributed by atoms with Gasteiger partial charge in [-0.25, -0.2) is 9.97 Å². The van der Waals surface area contributed by atoms with Crippen LogP contribution in [0.4, 0.5) is 0 Å². The van der Waals surface area contributed by atoms with Crippen molar-refractivity contribution in [1.29, 1.82) is 0 Å². The molecule has 3 heterocycles. The molecule has 0 saturated carbocycles. The number of morpholine rings is 1. The van der Waals surface area contributed by atoms with Crippen molar-refractivity contribution >= 4 is 0 Å². The molecule has 1 fully saturated rings. The van der Waals surface area contributed by atoms with Crippen molar-refractivity contribution in [3.05, 3.63) is 29.5 Å². The van der Waals surface area contributed by atoms with Crippen LogP contribution in [0.1, 0.15) is 49.2 Å². The number of nitrogens with zero attached hydrogens (tertiary/aromatic N) is 4. The number of H-pyrrole nitrogens is 1. The second-order valence-corrected chi connectivity index (χ2v) is 5.68. The predicted molar refractivity (Wildman–Crippen MR) is 75.7 cm³/mol. The minimum atomic E-state index is -0.0942. The molecule has 0 amide bonds. The van der Waals surface area contributed by atoms with Gasteiger partial charge in [-0.15, -0.1) is 0 Å². The maximum atomic E-state index is 5.76. The van der Waals surface area contributed by atoms with E-state index in [1.165, 1.54) is 0 Å². The lowest BCUT2D eigenvalue weighted by Gasteiger charge is -2.30.